The lowest BCUT2D eigenvalue weighted by Crippen LogP contribution is -2.35. The Balaban J connectivity index is 1.40. The molecule has 160 valence electrons. The molecule has 8 heteroatoms. The first-order valence-corrected chi connectivity index (χ1v) is 10.8. The van der Waals surface area contributed by atoms with E-state index in [1.54, 1.807) is 29.5 Å². The zero-order valence-corrected chi connectivity index (χ0v) is 18.2. The molecule has 1 aliphatic carbocycles. The van der Waals surface area contributed by atoms with E-state index in [9.17, 15) is 9.59 Å². The van der Waals surface area contributed by atoms with E-state index in [1.165, 1.54) is 29.2 Å². The van der Waals surface area contributed by atoms with Gasteiger partial charge in [-0.05, 0) is 43.5 Å². The lowest BCUT2D eigenvalue weighted by Gasteiger charge is -2.14. The average molecular weight is 438 g/mol. The predicted octanol–water partition coefficient (Wildman–Crippen LogP) is 3.51. The van der Waals surface area contributed by atoms with Crippen LogP contribution in [-0.2, 0) is 11.2 Å². The molecule has 0 saturated heterocycles. The third-order valence-electron chi connectivity index (χ3n) is 5.15. The van der Waals surface area contributed by atoms with Gasteiger partial charge in [0.2, 0.25) is 0 Å². The summed E-state index contributed by atoms with van der Waals surface area (Å²) < 4.78 is 11.6. The quantitative estimate of drug-likeness (QED) is 0.578. The number of thiophene rings is 1. The third-order valence-corrected chi connectivity index (χ3v) is 6.38. The van der Waals surface area contributed by atoms with Gasteiger partial charge in [0.15, 0.2) is 11.5 Å². The van der Waals surface area contributed by atoms with E-state index in [-0.39, 0.29) is 18.4 Å². The van der Waals surface area contributed by atoms with Crippen molar-refractivity contribution in [3.63, 3.8) is 0 Å². The van der Waals surface area contributed by atoms with Crippen LogP contribution in [0.2, 0.25) is 0 Å². The van der Waals surface area contributed by atoms with E-state index in [0.29, 0.717) is 17.1 Å². The Morgan fingerprint density at radius 1 is 1.06 bits per heavy atom. The SMILES string of the molecule is COc1ccc(C(=O)NCC(=O)NN=C2CCCc3sc4ccccc4c32)cc1OC. The summed E-state index contributed by atoms with van der Waals surface area (Å²) in [6, 6.07) is 13.1. The number of methoxy groups -OCH3 is 2. The summed E-state index contributed by atoms with van der Waals surface area (Å²) in [7, 11) is 3.02. The molecular weight excluding hydrogens is 414 g/mol. The van der Waals surface area contributed by atoms with Crippen molar-refractivity contribution in [2.75, 3.05) is 20.8 Å². The standard InChI is InChI=1S/C23H23N3O4S/c1-29-17-11-10-14(12-18(17)30-2)23(28)24-13-21(27)26-25-16-7-5-9-20-22(16)15-6-3-4-8-19(15)31-20/h3-4,6,8,10-12H,5,7,9,13H2,1-2H3,(H,24,28)(H,26,27). The molecule has 0 unspecified atom stereocenters. The highest BCUT2D eigenvalue weighted by molar-refractivity contribution is 7.19. The molecule has 0 fully saturated rings. The van der Waals surface area contributed by atoms with Crippen LogP contribution in [0.4, 0.5) is 0 Å². The number of benzene rings is 2. The summed E-state index contributed by atoms with van der Waals surface area (Å²) in [4.78, 5) is 26.0. The highest BCUT2D eigenvalue weighted by atomic mass is 32.1. The van der Waals surface area contributed by atoms with Gasteiger partial charge in [-0.2, -0.15) is 5.10 Å². The molecule has 1 aromatic heterocycles. The number of hydrogen-bond acceptors (Lipinski definition) is 6. The maximum atomic E-state index is 12.4. The molecule has 0 bridgehead atoms. The second kappa shape index (κ2) is 9.18. The molecule has 0 radical (unpaired) electrons. The van der Waals surface area contributed by atoms with Crippen molar-refractivity contribution in [3.8, 4) is 11.5 Å². The van der Waals surface area contributed by atoms with E-state index in [0.717, 1.165) is 30.5 Å². The van der Waals surface area contributed by atoms with E-state index in [4.69, 9.17) is 9.47 Å². The van der Waals surface area contributed by atoms with Crippen LogP contribution in [0.3, 0.4) is 0 Å². The Kier molecular flexibility index (Phi) is 6.18. The van der Waals surface area contributed by atoms with Crippen molar-refractivity contribution in [3.05, 3.63) is 58.5 Å². The van der Waals surface area contributed by atoms with Crippen molar-refractivity contribution in [2.24, 2.45) is 5.10 Å². The molecule has 0 spiro atoms. The van der Waals surface area contributed by atoms with Crippen LogP contribution in [0.15, 0.2) is 47.6 Å². The van der Waals surface area contributed by atoms with Gasteiger partial charge < -0.3 is 14.8 Å². The van der Waals surface area contributed by atoms with Crippen molar-refractivity contribution in [1.29, 1.82) is 0 Å². The van der Waals surface area contributed by atoms with Crippen molar-refractivity contribution < 1.29 is 19.1 Å². The monoisotopic (exact) mass is 437 g/mol. The minimum atomic E-state index is -0.382. The molecule has 1 heterocycles. The van der Waals surface area contributed by atoms with Crippen LogP contribution < -0.4 is 20.2 Å². The summed E-state index contributed by atoms with van der Waals surface area (Å²) in [6.07, 6.45) is 2.85. The molecule has 2 amide bonds. The number of aryl methyl sites for hydroxylation is 1. The fraction of sp³-hybridized carbons (Fsp3) is 0.261. The van der Waals surface area contributed by atoms with E-state index in [2.05, 4.69) is 28.0 Å². The summed E-state index contributed by atoms with van der Waals surface area (Å²) in [5.41, 5.74) is 4.99. The lowest BCUT2D eigenvalue weighted by atomic mass is 9.94. The average Bonchev–Trinajstić information content (AvgIpc) is 3.20. The number of rotatable bonds is 6. The first kappa shape index (κ1) is 20.9. The molecule has 3 aromatic rings. The fourth-order valence-electron chi connectivity index (χ4n) is 3.65. The number of fused-ring (bicyclic) bond motifs is 3. The molecule has 0 atom stereocenters. The van der Waals surface area contributed by atoms with Gasteiger partial charge in [0, 0.05) is 26.1 Å². The number of carbonyl (C=O) groups is 2. The van der Waals surface area contributed by atoms with Crippen LogP contribution in [0.25, 0.3) is 10.1 Å². The molecule has 4 rings (SSSR count). The van der Waals surface area contributed by atoms with E-state index in [1.807, 2.05) is 12.1 Å². The fourth-order valence-corrected chi connectivity index (χ4v) is 4.92. The van der Waals surface area contributed by atoms with Gasteiger partial charge in [-0.25, -0.2) is 5.43 Å². The van der Waals surface area contributed by atoms with Gasteiger partial charge in [0.05, 0.1) is 26.5 Å². The molecular formula is C23H23N3O4S. The number of hydrazone groups is 1. The van der Waals surface area contributed by atoms with E-state index < -0.39 is 0 Å². The Labute approximate surface area is 184 Å². The summed E-state index contributed by atoms with van der Waals surface area (Å²) in [5.74, 6) is 0.211. The zero-order chi connectivity index (χ0) is 21.8. The van der Waals surface area contributed by atoms with Crippen LogP contribution in [0.5, 0.6) is 11.5 Å². The Morgan fingerprint density at radius 2 is 1.87 bits per heavy atom. The molecule has 0 aliphatic heterocycles. The summed E-state index contributed by atoms with van der Waals surface area (Å²) in [5, 5.41) is 8.17. The van der Waals surface area contributed by atoms with Crippen molar-refractivity contribution >= 4 is 38.9 Å². The summed E-state index contributed by atoms with van der Waals surface area (Å²) in [6.45, 7) is -0.179. The van der Waals surface area contributed by atoms with Gasteiger partial charge in [0.25, 0.3) is 11.8 Å². The maximum absolute atomic E-state index is 12.4. The summed E-state index contributed by atoms with van der Waals surface area (Å²) >= 11 is 1.79. The second-order valence-corrected chi connectivity index (χ2v) is 8.23. The Morgan fingerprint density at radius 3 is 2.68 bits per heavy atom. The van der Waals surface area contributed by atoms with Gasteiger partial charge in [-0.3, -0.25) is 9.59 Å². The van der Waals surface area contributed by atoms with Gasteiger partial charge >= 0.3 is 0 Å². The number of amides is 2. The molecule has 2 aromatic carbocycles. The second-order valence-electron chi connectivity index (χ2n) is 7.10. The molecule has 31 heavy (non-hydrogen) atoms. The van der Waals surface area contributed by atoms with Crippen molar-refractivity contribution in [2.45, 2.75) is 19.3 Å². The molecule has 7 nitrogen and oxygen atoms in total. The van der Waals surface area contributed by atoms with Gasteiger partial charge in [-0.15, -0.1) is 11.3 Å². The largest absolute Gasteiger partial charge is 0.493 e. The molecule has 1 aliphatic rings. The third kappa shape index (κ3) is 4.39. The number of carbonyl (C=O) groups excluding carboxylic acids is 2. The first-order chi connectivity index (χ1) is 15.1. The highest BCUT2D eigenvalue weighted by Crippen LogP contribution is 2.36. The molecule has 0 saturated carbocycles. The van der Waals surface area contributed by atoms with Crippen LogP contribution in [0, 0.1) is 0 Å². The van der Waals surface area contributed by atoms with Crippen molar-refractivity contribution in [1.82, 2.24) is 10.7 Å². The van der Waals surface area contributed by atoms with Crippen LogP contribution >= 0.6 is 11.3 Å². The topological polar surface area (TPSA) is 89.0 Å². The maximum Gasteiger partial charge on any atom is 0.259 e. The predicted molar refractivity (Wildman–Crippen MR) is 121 cm³/mol. The Bertz CT molecular complexity index is 1170. The van der Waals surface area contributed by atoms with Crippen LogP contribution in [0.1, 0.15) is 33.6 Å². The lowest BCUT2D eigenvalue weighted by molar-refractivity contribution is -0.120. The minimum Gasteiger partial charge on any atom is -0.493 e. The first-order valence-electron chi connectivity index (χ1n) is 9.97. The van der Waals surface area contributed by atoms with Gasteiger partial charge in [0.1, 0.15) is 0 Å². The number of nitrogens with one attached hydrogen (secondary N) is 2. The Hall–Kier alpha value is -3.39. The van der Waals surface area contributed by atoms with E-state index >= 15 is 0 Å². The zero-order valence-electron chi connectivity index (χ0n) is 17.4. The normalized spacial score (nSPS) is 14.2. The number of nitrogens with zero attached hydrogens (tertiary/aromatic N) is 1. The minimum absolute atomic E-state index is 0.179. The van der Waals surface area contributed by atoms with Gasteiger partial charge in [-0.1, -0.05) is 18.2 Å². The van der Waals surface area contributed by atoms with Crippen LogP contribution in [-0.4, -0.2) is 38.3 Å². The number of hydrogen-bond donors (Lipinski definition) is 2. The number of ether oxygens (including phenoxy) is 2. The smallest absolute Gasteiger partial charge is 0.259 e. The highest BCUT2D eigenvalue weighted by Gasteiger charge is 2.21. The molecule has 2 N–H and O–H groups in total.